The standard InChI is InChI=1S/C10H19NO/c1-7(2)6-10(5,8(3)4)9(11)12/h8H,1,6H2,2-5H3,(H2,11,12). The number of hydrogen-bond acceptors (Lipinski definition) is 1. The summed E-state index contributed by atoms with van der Waals surface area (Å²) in [6.45, 7) is 11.6. The Kier molecular flexibility index (Phi) is 3.50. The first-order chi connectivity index (χ1) is 5.30. The minimum atomic E-state index is -0.439. The van der Waals surface area contributed by atoms with Crippen LogP contribution in [-0.2, 0) is 4.79 Å². The predicted molar refractivity (Wildman–Crippen MR) is 51.6 cm³/mol. The summed E-state index contributed by atoms with van der Waals surface area (Å²) in [5, 5.41) is 0. The number of amides is 1. The van der Waals surface area contributed by atoms with Gasteiger partial charge in [0.2, 0.25) is 5.91 Å². The fourth-order valence-electron chi connectivity index (χ4n) is 1.20. The molecule has 2 N–H and O–H groups in total. The Bertz CT molecular complexity index is 196. The Labute approximate surface area is 74.8 Å². The van der Waals surface area contributed by atoms with Crippen molar-refractivity contribution in [1.29, 1.82) is 0 Å². The molecule has 0 aliphatic carbocycles. The van der Waals surface area contributed by atoms with Crippen LogP contribution in [0.5, 0.6) is 0 Å². The first-order valence-electron chi connectivity index (χ1n) is 4.25. The average molecular weight is 169 g/mol. The molecule has 1 amide bonds. The van der Waals surface area contributed by atoms with Crippen LogP contribution < -0.4 is 5.73 Å². The molecule has 0 bridgehead atoms. The topological polar surface area (TPSA) is 43.1 Å². The van der Waals surface area contributed by atoms with Gasteiger partial charge in [-0.15, -0.1) is 6.58 Å². The molecule has 12 heavy (non-hydrogen) atoms. The molecule has 0 radical (unpaired) electrons. The van der Waals surface area contributed by atoms with Crippen molar-refractivity contribution < 1.29 is 4.79 Å². The van der Waals surface area contributed by atoms with Crippen LogP contribution in [-0.4, -0.2) is 5.91 Å². The number of primary amides is 1. The highest BCUT2D eigenvalue weighted by Crippen LogP contribution is 2.32. The zero-order valence-corrected chi connectivity index (χ0v) is 8.48. The van der Waals surface area contributed by atoms with Gasteiger partial charge in [0.1, 0.15) is 0 Å². The van der Waals surface area contributed by atoms with E-state index in [0.29, 0.717) is 6.42 Å². The summed E-state index contributed by atoms with van der Waals surface area (Å²) in [5.74, 6) is 0.0206. The number of carbonyl (C=O) groups is 1. The number of nitrogens with two attached hydrogens (primary N) is 1. The molecule has 0 spiro atoms. The molecular formula is C10H19NO. The van der Waals surface area contributed by atoms with Gasteiger partial charge in [-0.2, -0.15) is 0 Å². The molecule has 0 heterocycles. The van der Waals surface area contributed by atoms with Crippen molar-refractivity contribution in [2.75, 3.05) is 0 Å². The molecule has 1 unspecified atom stereocenters. The Hall–Kier alpha value is -0.790. The van der Waals surface area contributed by atoms with Crippen LogP contribution in [0.15, 0.2) is 12.2 Å². The lowest BCUT2D eigenvalue weighted by atomic mass is 9.74. The highest BCUT2D eigenvalue weighted by atomic mass is 16.1. The van der Waals surface area contributed by atoms with Crippen LogP contribution >= 0.6 is 0 Å². The quantitative estimate of drug-likeness (QED) is 0.643. The maximum atomic E-state index is 11.2. The van der Waals surface area contributed by atoms with Gasteiger partial charge in [0.25, 0.3) is 0 Å². The van der Waals surface area contributed by atoms with Gasteiger partial charge in [-0.25, -0.2) is 0 Å². The first-order valence-corrected chi connectivity index (χ1v) is 4.25. The summed E-state index contributed by atoms with van der Waals surface area (Å²) < 4.78 is 0. The summed E-state index contributed by atoms with van der Waals surface area (Å²) in [5.41, 5.74) is 5.91. The minimum Gasteiger partial charge on any atom is -0.369 e. The lowest BCUT2D eigenvalue weighted by Gasteiger charge is -2.30. The molecule has 0 aromatic carbocycles. The van der Waals surface area contributed by atoms with Crippen LogP contribution in [0.25, 0.3) is 0 Å². The lowest BCUT2D eigenvalue weighted by Crippen LogP contribution is -2.38. The molecule has 0 saturated heterocycles. The van der Waals surface area contributed by atoms with Crippen molar-refractivity contribution in [1.82, 2.24) is 0 Å². The molecule has 1 atom stereocenters. The Morgan fingerprint density at radius 1 is 1.58 bits per heavy atom. The third-order valence-corrected chi connectivity index (χ3v) is 2.51. The highest BCUT2D eigenvalue weighted by Gasteiger charge is 2.34. The molecule has 70 valence electrons. The largest absolute Gasteiger partial charge is 0.369 e. The van der Waals surface area contributed by atoms with Crippen LogP contribution in [0.4, 0.5) is 0 Å². The van der Waals surface area contributed by atoms with E-state index in [1.54, 1.807) is 0 Å². The van der Waals surface area contributed by atoms with Crippen LogP contribution in [0.2, 0.25) is 0 Å². The van der Waals surface area contributed by atoms with Gasteiger partial charge in [0, 0.05) is 0 Å². The smallest absolute Gasteiger partial charge is 0.223 e. The fourth-order valence-corrected chi connectivity index (χ4v) is 1.20. The molecule has 0 saturated carbocycles. The van der Waals surface area contributed by atoms with Gasteiger partial charge < -0.3 is 5.73 Å². The Balaban J connectivity index is 4.62. The summed E-state index contributed by atoms with van der Waals surface area (Å²) in [6.07, 6.45) is 0.681. The van der Waals surface area contributed by atoms with Gasteiger partial charge in [-0.1, -0.05) is 26.3 Å². The monoisotopic (exact) mass is 169 g/mol. The number of allylic oxidation sites excluding steroid dienone is 1. The zero-order chi connectivity index (χ0) is 9.94. The van der Waals surface area contributed by atoms with E-state index in [-0.39, 0.29) is 11.8 Å². The normalized spacial score (nSPS) is 15.8. The fraction of sp³-hybridized carbons (Fsp3) is 0.700. The van der Waals surface area contributed by atoms with Crippen molar-refractivity contribution in [3.8, 4) is 0 Å². The second kappa shape index (κ2) is 3.74. The average Bonchev–Trinajstić information content (AvgIpc) is 1.84. The van der Waals surface area contributed by atoms with E-state index in [9.17, 15) is 4.79 Å². The second-order valence-corrected chi connectivity index (χ2v) is 4.07. The van der Waals surface area contributed by atoms with Gasteiger partial charge in [-0.3, -0.25) is 4.79 Å². The van der Waals surface area contributed by atoms with Gasteiger partial charge in [-0.05, 0) is 19.3 Å². The maximum Gasteiger partial charge on any atom is 0.223 e. The lowest BCUT2D eigenvalue weighted by molar-refractivity contribution is -0.129. The number of carbonyl (C=O) groups excluding carboxylic acids is 1. The van der Waals surface area contributed by atoms with Crippen LogP contribution in [0, 0.1) is 11.3 Å². The SMILES string of the molecule is C=C(C)CC(C)(C(N)=O)C(C)C. The van der Waals surface area contributed by atoms with Gasteiger partial charge in [0.15, 0.2) is 0 Å². The molecular weight excluding hydrogens is 150 g/mol. The highest BCUT2D eigenvalue weighted by molar-refractivity contribution is 5.81. The van der Waals surface area contributed by atoms with Crippen LogP contribution in [0.3, 0.4) is 0 Å². The molecule has 2 nitrogen and oxygen atoms in total. The van der Waals surface area contributed by atoms with Crippen molar-refractivity contribution in [3.05, 3.63) is 12.2 Å². The zero-order valence-electron chi connectivity index (χ0n) is 8.48. The third kappa shape index (κ3) is 2.36. The Morgan fingerprint density at radius 2 is 2.00 bits per heavy atom. The van der Waals surface area contributed by atoms with Crippen molar-refractivity contribution in [2.45, 2.75) is 34.1 Å². The maximum absolute atomic E-state index is 11.2. The predicted octanol–water partition coefficient (Wildman–Crippen LogP) is 2.10. The van der Waals surface area contributed by atoms with Crippen molar-refractivity contribution in [3.63, 3.8) is 0 Å². The molecule has 0 fully saturated rings. The minimum absolute atomic E-state index is 0.236. The van der Waals surface area contributed by atoms with Crippen LogP contribution in [0.1, 0.15) is 34.1 Å². The third-order valence-electron chi connectivity index (χ3n) is 2.51. The molecule has 0 aliphatic heterocycles. The molecule has 0 aliphatic rings. The van der Waals surface area contributed by atoms with E-state index in [0.717, 1.165) is 5.57 Å². The van der Waals surface area contributed by atoms with Gasteiger partial charge in [0.05, 0.1) is 5.41 Å². The molecule has 2 heteroatoms. The second-order valence-electron chi connectivity index (χ2n) is 4.07. The van der Waals surface area contributed by atoms with Gasteiger partial charge >= 0.3 is 0 Å². The van der Waals surface area contributed by atoms with Crippen molar-refractivity contribution >= 4 is 5.91 Å². The number of hydrogen-bond donors (Lipinski definition) is 1. The summed E-state index contributed by atoms with van der Waals surface area (Å²) in [7, 11) is 0. The molecule has 0 aromatic heterocycles. The van der Waals surface area contributed by atoms with E-state index in [1.165, 1.54) is 0 Å². The molecule has 0 aromatic rings. The summed E-state index contributed by atoms with van der Waals surface area (Å²) >= 11 is 0. The summed E-state index contributed by atoms with van der Waals surface area (Å²) in [4.78, 5) is 11.2. The Morgan fingerprint density at radius 3 is 2.08 bits per heavy atom. The van der Waals surface area contributed by atoms with E-state index in [1.807, 2.05) is 27.7 Å². The summed E-state index contributed by atoms with van der Waals surface area (Å²) in [6, 6.07) is 0. The van der Waals surface area contributed by atoms with Crippen molar-refractivity contribution in [2.24, 2.45) is 17.1 Å². The number of rotatable bonds is 4. The molecule has 0 rings (SSSR count). The van der Waals surface area contributed by atoms with E-state index in [4.69, 9.17) is 5.73 Å². The van der Waals surface area contributed by atoms with E-state index >= 15 is 0 Å². The first kappa shape index (κ1) is 11.2. The van der Waals surface area contributed by atoms with E-state index in [2.05, 4.69) is 6.58 Å². The van der Waals surface area contributed by atoms with E-state index < -0.39 is 5.41 Å².